The molecule has 1 unspecified atom stereocenters. The summed E-state index contributed by atoms with van der Waals surface area (Å²) in [5.74, 6) is -0.0543. The van der Waals surface area contributed by atoms with E-state index >= 15 is 0 Å². The minimum atomic E-state index is -0.466. The van der Waals surface area contributed by atoms with Crippen LogP contribution in [0.5, 0.6) is 0 Å². The van der Waals surface area contributed by atoms with E-state index in [1.54, 1.807) is 11.0 Å². The number of rotatable bonds is 4. The molecule has 8 nitrogen and oxygen atoms in total. The summed E-state index contributed by atoms with van der Waals surface area (Å²) in [7, 11) is 0. The molecule has 1 atom stereocenters. The Morgan fingerprint density at radius 2 is 2.14 bits per heavy atom. The molecule has 0 spiro atoms. The minimum absolute atomic E-state index is 0.0115. The number of hydrogen-bond acceptors (Lipinski definition) is 6. The number of aromatic nitrogens is 1. The Kier molecular flexibility index (Phi) is 4.69. The Morgan fingerprint density at radius 1 is 1.48 bits per heavy atom. The summed E-state index contributed by atoms with van der Waals surface area (Å²) in [6.45, 7) is 4.01. The van der Waals surface area contributed by atoms with Gasteiger partial charge in [-0.3, -0.25) is 19.9 Å². The average Bonchev–Trinajstić information content (AvgIpc) is 2.53. The smallest absolute Gasteiger partial charge is 0.310 e. The zero-order valence-corrected chi connectivity index (χ0v) is 11.9. The van der Waals surface area contributed by atoms with Gasteiger partial charge in [-0.2, -0.15) is 0 Å². The fraction of sp³-hybridized carbons (Fsp3) is 0.538. The number of carbonyl (C=O) groups is 1. The lowest BCUT2D eigenvalue weighted by Crippen LogP contribution is -2.53. The highest BCUT2D eigenvalue weighted by Gasteiger charge is 2.27. The molecular formula is C13H19N5O3. The van der Waals surface area contributed by atoms with Crippen molar-refractivity contribution in [2.45, 2.75) is 19.4 Å². The van der Waals surface area contributed by atoms with E-state index in [1.807, 2.05) is 11.8 Å². The first-order valence-corrected chi connectivity index (χ1v) is 6.92. The molecule has 1 aliphatic rings. The predicted molar refractivity (Wildman–Crippen MR) is 78.0 cm³/mol. The van der Waals surface area contributed by atoms with Crippen LogP contribution in [0.15, 0.2) is 18.5 Å². The summed E-state index contributed by atoms with van der Waals surface area (Å²) in [6.07, 6.45) is 3.39. The van der Waals surface area contributed by atoms with Gasteiger partial charge >= 0.3 is 5.69 Å². The molecule has 8 heteroatoms. The second kappa shape index (κ2) is 6.49. The average molecular weight is 293 g/mol. The van der Waals surface area contributed by atoms with Crippen molar-refractivity contribution >= 4 is 17.3 Å². The highest BCUT2D eigenvalue weighted by Crippen LogP contribution is 2.27. The molecule has 2 rings (SSSR count). The molecule has 0 bridgehead atoms. The molecule has 21 heavy (non-hydrogen) atoms. The minimum Gasteiger partial charge on any atom is -0.362 e. The fourth-order valence-electron chi connectivity index (χ4n) is 2.36. The molecule has 114 valence electrons. The van der Waals surface area contributed by atoms with Crippen molar-refractivity contribution in [1.82, 2.24) is 9.88 Å². The number of pyridine rings is 1. The predicted octanol–water partition coefficient (Wildman–Crippen LogP) is 0.376. The number of amides is 1. The maximum Gasteiger partial charge on any atom is 0.310 e. The molecular weight excluding hydrogens is 274 g/mol. The van der Waals surface area contributed by atoms with Crippen molar-refractivity contribution in [3.63, 3.8) is 0 Å². The number of hydrogen-bond donors (Lipinski definition) is 1. The van der Waals surface area contributed by atoms with Crippen LogP contribution in [0.4, 0.5) is 11.4 Å². The third-order valence-electron chi connectivity index (χ3n) is 3.66. The Balaban J connectivity index is 2.05. The number of piperazine rings is 1. The number of nitrogens with two attached hydrogens (primary N) is 1. The summed E-state index contributed by atoms with van der Waals surface area (Å²) < 4.78 is 0. The van der Waals surface area contributed by atoms with Gasteiger partial charge in [-0.15, -0.1) is 0 Å². The number of carbonyl (C=O) groups excluding carboxylic acids is 1. The van der Waals surface area contributed by atoms with Gasteiger partial charge in [-0.1, -0.05) is 6.92 Å². The quantitative estimate of drug-likeness (QED) is 0.635. The van der Waals surface area contributed by atoms with Crippen LogP contribution in [0.25, 0.3) is 0 Å². The highest BCUT2D eigenvalue weighted by atomic mass is 16.6. The van der Waals surface area contributed by atoms with Crippen molar-refractivity contribution in [2.24, 2.45) is 5.73 Å². The lowest BCUT2D eigenvalue weighted by atomic mass is 10.2. The molecule has 1 aromatic heterocycles. The third kappa shape index (κ3) is 3.27. The molecule has 1 amide bonds. The van der Waals surface area contributed by atoms with E-state index in [0.29, 0.717) is 38.3 Å². The number of anilines is 1. The van der Waals surface area contributed by atoms with Crippen molar-refractivity contribution in [3.8, 4) is 0 Å². The second-order valence-electron chi connectivity index (χ2n) is 4.95. The van der Waals surface area contributed by atoms with Crippen LogP contribution in [-0.2, 0) is 4.79 Å². The summed E-state index contributed by atoms with van der Waals surface area (Å²) in [6, 6.07) is 1.17. The van der Waals surface area contributed by atoms with Gasteiger partial charge in [-0.25, -0.2) is 0 Å². The Labute approximate surface area is 122 Å². The Hall–Kier alpha value is -2.22. The van der Waals surface area contributed by atoms with Gasteiger partial charge in [0.15, 0.2) is 0 Å². The van der Waals surface area contributed by atoms with Gasteiger partial charge in [0.25, 0.3) is 0 Å². The molecule has 0 aliphatic carbocycles. The van der Waals surface area contributed by atoms with E-state index in [4.69, 9.17) is 5.73 Å². The summed E-state index contributed by atoms with van der Waals surface area (Å²) in [5, 5.41) is 11.0. The SMILES string of the molecule is CCC(N)C(=O)N1CCN(c2ccncc2[N+](=O)[O-])CC1. The van der Waals surface area contributed by atoms with Crippen LogP contribution in [0.2, 0.25) is 0 Å². The number of nitrogens with zero attached hydrogens (tertiary/aromatic N) is 4. The largest absolute Gasteiger partial charge is 0.362 e. The molecule has 0 saturated carbocycles. The molecule has 0 aromatic carbocycles. The van der Waals surface area contributed by atoms with Gasteiger partial charge in [0.05, 0.1) is 11.0 Å². The highest BCUT2D eigenvalue weighted by molar-refractivity contribution is 5.82. The maximum absolute atomic E-state index is 12.0. The van der Waals surface area contributed by atoms with Crippen molar-refractivity contribution in [1.29, 1.82) is 0 Å². The molecule has 2 N–H and O–H groups in total. The maximum atomic E-state index is 12.0. The van der Waals surface area contributed by atoms with Gasteiger partial charge in [0, 0.05) is 32.4 Å². The van der Waals surface area contributed by atoms with Crippen LogP contribution >= 0.6 is 0 Å². The zero-order chi connectivity index (χ0) is 15.4. The zero-order valence-electron chi connectivity index (χ0n) is 11.9. The van der Waals surface area contributed by atoms with E-state index in [0.717, 1.165) is 0 Å². The van der Waals surface area contributed by atoms with Crippen molar-refractivity contribution in [2.75, 3.05) is 31.1 Å². The normalized spacial score (nSPS) is 16.7. The summed E-state index contributed by atoms with van der Waals surface area (Å²) in [4.78, 5) is 30.0. The van der Waals surface area contributed by atoms with E-state index in [9.17, 15) is 14.9 Å². The van der Waals surface area contributed by atoms with Crippen LogP contribution < -0.4 is 10.6 Å². The Morgan fingerprint density at radius 3 is 2.71 bits per heavy atom. The number of nitro groups is 1. The van der Waals surface area contributed by atoms with Crippen LogP contribution in [-0.4, -0.2) is 52.9 Å². The topological polar surface area (TPSA) is 106 Å². The van der Waals surface area contributed by atoms with E-state index in [2.05, 4.69) is 4.98 Å². The Bertz CT molecular complexity index is 528. The van der Waals surface area contributed by atoms with Crippen LogP contribution in [0.1, 0.15) is 13.3 Å². The molecule has 1 saturated heterocycles. The van der Waals surface area contributed by atoms with Gasteiger partial charge < -0.3 is 15.5 Å². The van der Waals surface area contributed by atoms with E-state index < -0.39 is 11.0 Å². The third-order valence-corrected chi connectivity index (χ3v) is 3.66. The van der Waals surface area contributed by atoms with Crippen molar-refractivity contribution < 1.29 is 9.72 Å². The van der Waals surface area contributed by atoms with E-state index in [1.165, 1.54) is 12.4 Å². The lowest BCUT2D eigenvalue weighted by Gasteiger charge is -2.36. The van der Waals surface area contributed by atoms with Crippen LogP contribution in [0.3, 0.4) is 0 Å². The lowest BCUT2D eigenvalue weighted by molar-refractivity contribution is -0.384. The second-order valence-corrected chi connectivity index (χ2v) is 4.95. The first kappa shape index (κ1) is 15.2. The molecule has 1 aromatic rings. The summed E-state index contributed by atoms with van der Waals surface area (Å²) in [5.41, 5.74) is 6.29. The van der Waals surface area contributed by atoms with E-state index in [-0.39, 0.29) is 11.6 Å². The van der Waals surface area contributed by atoms with Gasteiger partial charge in [-0.05, 0) is 12.5 Å². The summed E-state index contributed by atoms with van der Waals surface area (Å²) >= 11 is 0. The van der Waals surface area contributed by atoms with Gasteiger partial charge in [0.2, 0.25) is 5.91 Å². The van der Waals surface area contributed by atoms with Crippen LogP contribution in [0, 0.1) is 10.1 Å². The fourth-order valence-corrected chi connectivity index (χ4v) is 2.36. The molecule has 1 aliphatic heterocycles. The molecule has 0 radical (unpaired) electrons. The standard InChI is InChI=1S/C13H19N5O3/c1-2-10(14)13(19)17-7-5-16(6-8-17)11-3-4-15-9-12(11)18(20)21/h3-4,9-10H,2,5-8,14H2,1H3. The molecule has 2 heterocycles. The first-order chi connectivity index (χ1) is 10.0. The first-order valence-electron chi connectivity index (χ1n) is 6.92. The van der Waals surface area contributed by atoms with Crippen molar-refractivity contribution in [3.05, 3.63) is 28.6 Å². The monoisotopic (exact) mass is 293 g/mol. The molecule has 1 fully saturated rings. The van der Waals surface area contributed by atoms with Gasteiger partial charge in [0.1, 0.15) is 11.9 Å².